The Bertz CT molecular complexity index is 752. The number of anilines is 1. The van der Waals surface area contributed by atoms with Crippen LogP contribution in [0.4, 0.5) is 5.13 Å². The molecule has 1 aromatic rings. The van der Waals surface area contributed by atoms with Crippen molar-refractivity contribution in [2.75, 3.05) is 18.0 Å². The minimum absolute atomic E-state index is 0.0867. The van der Waals surface area contributed by atoms with Gasteiger partial charge in [-0.2, -0.15) is 0 Å². The second-order valence-corrected chi connectivity index (χ2v) is 10.9. The zero-order valence-electron chi connectivity index (χ0n) is 18.8. The zero-order chi connectivity index (χ0) is 22.1. The Morgan fingerprint density at radius 1 is 1.33 bits per heavy atom. The highest BCUT2D eigenvalue weighted by atomic mass is 32.1. The van der Waals surface area contributed by atoms with Crippen molar-refractivity contribution >= 4 is 28.3 Å². The predicted molar refractivity (Wildman–Crippen MR) is 120 cm³/mol. The van der Waals surface area contributed by atoms with Gasteiger partial charge in [-0.05, 0) is 43.9 Å². The average molecular weight is 437 g/mol. The van der Waals surface area contributed by atoms with Gasteiger partial charge in [-0.3, -0.25) is 9.59 Å². The van der Waals surface area contributed by atoms with Gasteiger partial charge in [0, 0.05) is 43.2 Å². The lowest BCUT2D eigenvalue weighted by atomic mass is 9.80. The van der Waals surface area contributed by atoms with Crippen LogP contribution in [0.1, 0.15) is 65.2 Å². The number of ether oxygens (including phenoxy) is 1. The van der Waals surface area contributed by atoms with E-state index in [0.29, 0.717) is 12.3 Å². The van der Waals surface area contributed by atoms with Gasteiger partial charge in [-0.25, -0.2) is 4.98 Å². The summed E-state index contributed by atoms with van der Waals surface area (Å²) in [5.74, 6) is -0.580. The summed E-state index contributed by atoms with van der Waals surface area (Å²) in [5, 5.41) is 4.68. The quantitative estimate of drug-likeness (QED) is 0.689. The number of piperidine rings is 2. The van der Waals surface area contributed by atoms with Crippen molar-refractivity contribution in [1.29, 1.82) is 0 Å². The molecule has 8 heteroatoms. The van der Waals surface area contributed by atoms with Gasteiger partial charge in [-0.15, -0.1) is 11.3 Å². The number of nitrogens with one attached hydrogen (secondary N) is 1. The molecule has 2 fully saturated rings. The number of hydrogen-bond donors (Lipinski definition) is 2. The number of nitrogens with zero attached hydrogens (tertiary/aromatic N) is 2. The maximum absolute atomic E-state index is 12.0. The molecule has 2 aliphatic rings. The van der Waals surface area contributed by atoms with Crippen LogP contribution in [-0.2, 0) is 19.7 Å². The third-order valence-electron chi connectivity index (χ3n) is 6.33. The molecule has 4 atom stereocenters. The first-order valence-corrected chi connectivity index (χ1v) is 11.8. The molecule has 3 rings (SSSR count). The van der Waals surface area contributed by atoms with Crippen molar-refractivity contribution in [3.63, 3.8) is 0 Å². The molecule has 4 unspecified atom stereocenters. The normalized spacial score (nSPS) is 28.4. The van der Waals surface area contributed by atoms with Gasteiger partial charge in [0.2, 0.25) is 5.91 Å². The summed E-state index contributed by atoms with van der Waals surface area (Å²) in [5.41, 5.74) is 5.77. The maximum Gasteiger partial charge on any atom is 0.302 e. The van der Waals surface area contributed by atoms with E-state index in [0.717, 1.165) is 37.5 Å². The Hall–Kier alpha value is -1.67. The lowest BCUT2D eigenvalue weighted by Crippen LogP contribution is -2.58. The van der Waals surface area contributed by atoms with Gasteiger partial charge in [0.05, 0.1) is 5.92 Å². The number of nitrogens with two attached hydrogens (primary N) is 1. The van der Waals surface area contributed by atoms with Crippen LogP contribution in [0.25, 0.3) is 0 Å². The van der Waals surface area contributed by atoms with Crippen molar-refractivity contribution in [3.05, 3.63) is 11.1 Å². The van der Waals surface area contributed by atoms with E-state index in [9.17, 15) is 9.59 Å². The smallest absolute Gasteiger partial charge is 0.302 e. The van der Waals surface area contributed by atoms with E-state index in [-0.39, 0.29) is 29.4 Å². The first-order valence-electron chi connectivity index (χ1n) is 11.0. The molecule has 7 nitrogen and oxygen atoms in total. The van der Waals surface area contributed by atoms with Crippen molar-refractivity contribution < 1.29 is 14.3 Å². The molecule has 168 valence electrons. The van der Waals surface area contributed by atoms with Gasteiger partial charge in [0.15, 0.2) is 5.13 Å². The Balaban J connectivity index is 1.54. The summed E-state index contributed by atoms with van der Waals surface area (Å²) in [6, 6.07) is 0.129. The Labute approximate surface area is 183 Å². The zero-order valence-corrected chi connectivity index (χ0v) is 19.6. The summed E-state index contributed by atoms with van der Waals surface area (Å²) in [4.78, 5) is 31.8. The van der Waals surface area contributed by atoms with E-state index in [4.69, 9.17) is 10.5 Å². The van der Waals surface area contributed by atoms with E-state index < -0.39 is 12.0 Å². The van der Waals surface area contributed by atoms with Crippen LogP contribution in [0.3, 0.4) is 0 Å². The number of rotatable bonds is 5. The average Bonchev–Trinajstić information content (AvgIpc) is 3.14. The summed E-state index contributed by atoms with van der Waals surface area (Å²) < 4.78 is 5.39. The molecule has 30 heavy (non-hydrogen) atoms. The SMILES string of the molecule is CC(=O)OC1C(C)NC(CC2CCN(c3ncc(C(C)(C)C)s3)CC2)CC1C(N)=O. The van der Waals surface area contributed by atoms with Crippen LogP contribution in [0.5, 0.6) is 0 Å². The first-order chi connectivity index (χ1) is 14.0. The fourth-order valence-corrected chi connectivity index (χ4v) is 5.69. The molecule has 0 spiro atoms. The fraction of sp³-hybridized carbons (Fsp3) is 0.773. The van der Waals surface area contributed by atoms with Gasteiger partial charge in [0.25, 0.3) is 0 Å². The number of hydrogen-bond acceptors (Lipinski definition) is 7. The predicted octanol–water partition coefficient (Wildman–Crippen LogP) is 2.83. The summed E-state index contributed by atoms with van der Waals surface area (Å²) in [6.07, 6.45) is 5.40. The highest BCUT2D eigenvalue weighted by molar-refractivity contribution is 7.15. The second kappa shape index (κ2) is 9.22. The van der Waals surface area contributed by atoms with Crippen LogP contribution in [0, 0.1) is 11.8 Å². The Morgan fingerprint density at radius 2 is 2.00 bits per heavy atom. The number of primary amides is 1. The van der Waals surface area contributed by atoms with Crippen molar-refractivity contribution in [3.8, 4) is 0 Å². The van der Waals surface area contributed by atoms with E-state index in [1.165, 1.54) is 11.8 Å². The molecule has 0 aromatic carbocycles. The van der Waals surface area contributed by atoms with E-state index in [1.807, 2.05) is 13.1 Å². The van der Waals surface area contributed by atoms with Crippen molar-refractivity contribution in [1.82, 2.24) is 10.3 Å². The highest BCUT2D eigenvalue weighted by Crippen LogP contribution is 2.35. The van der Waals surface area contributed by atoms with Crippen LogP contribution in [0.2, 0.25) is 0 Å². The standard InChI is InChI=1S/C22H36N4O3S/c1-13-19(29-14(2)27)17(20(23)28)11-16(25-13)10-15-6-8-26(9-7-15)21-24-12-18(30-21)22(3,4)5/h12-13,15-17,19,25H,6-11H2,1-5H3,(H2,23,28). The lowest BCUT2D eigenvalue weighted by Gasteiger charge is -2.41. The van der Waals surface area contributed by atoms with Crippen LogP contribution < -0.4 is 16.0 Å². The molecule has 1 aromatic heterocycles. The number of thiazole rings is 1. The lowest BCUT2D eigenvalue weighted by molar-refractivity contribution is -0.155. The molecule has 3 N–H and O–H groups in total. The molecular formula is C22H36N4O3S. The third kappa shape index (κ3) is 5.52. The second-order valence-electron chi connectivity index (χ2n) is 9.89. The number of carbonyl (C=O) groups excluding carboxylic acids is 2. The summed E-state index contributed by atoms with van der Waals surface area (Å²) in [7, 11) is 0. The van der Waals surface area contributed by atoms with Gasteiger partial charge < -0.3 is 20.7 Å². The molecule has 0 radical (unpaired) electrons. The van der Waals surface area contributed by atoms with Gasteiger partial charge >= 0.3 is 5.97 Å². The van der Waals surface area contributed by atoms with Crippen LogP contribution in [-0.4, -0.2) is 48.1 Å². The van der Waals surface area contributed by atoms with Crippen molar-refractivity contribution in [2.45, 2.75) is 83.9 Å². The molecule has 3 heterocycles. The molecule has 0 bridgehead atoms. The number of esters is 1. The minimum Gasteiger partial charge on any atom is -0.460 e. The molecule has 0 saturated carbocycles. The van der Waals surface area contributed by atoms with Crippen molar-refractivity contribution in [2.24, 2.45) is 17.6 Å². The summed E-state index contributed by atoms with van der Waals surface area (Å²) >= 11 is 1.80. The molecule has 1 amide bonds. The summed E-state index contributed by atoms with van der Waals surface area (Å²) in [6.45, 7) is 12.0. The number of amides is 1. The first kappa shape index (κ1) is 23.0. The van der Waals surface area contributed by atoms with Gasteiger partial charge in [-0.1, -0.05) is 20.8 Å². The van der Waals surface area contributed by atoms with Crippen LogP contribution >= 0.6 is 11.3 Å². The molecule has 2 saturated heterocycles. The van der Waals surface area contributed by atoms with E-state index in [2.05, 4.69) is 36.0 Å². The Kier molecular flexibility index (Phi) is 7.07. The van der Waals surface area contributed by atoms with E-state index in [1.54, 1.807) is 11.3 Å². The maximum atomic E-state index is 12.0. The molecule has 2 aliphatic heterocycles. The largest absolute Gasteiger partial charge is 0.460 e. The Morgan fingerprint density at radius 3 is 2.53 bits per heavy atom. The topological polar surface area (TPSA) is 97.6 Å². The van der Waals surface area contributed by atoms with Gasteiger partial charge in [0.1, 0.15) is 6.10 Å². The third-order valence-corrected chi connectivity index (χ3v) is 7.81. The number of carbonyl (C=O) groups is 2. The number of aromatic nitrogens is 1. The monoisotopic (exact) mass is 436 g/mol. The molecule has 0 aliphatic carbocycles. The fourth-order valence-electron chi connectivity index (χ4n) is 4.66. The minimum atomic E-state index is -0.486. The van der Waals surface area contributed by atoms with Crippen LogP contribution in [0.15, 0.2) is 6.20 Å². The highest BCUT2D eigenvalue weighted by Gasteiger charge is 2.41. The van der Waals surface area contributed by atoms with E-state index >= 15 is 0 Å². The molecular weight excluding hydrogens is 400 g/mol.